The third-order valence-corrected chi connectivity index (χ3v) is 2.95. The summed E-state index contributed by atoms with van der Waals surface area (Å²) in [7, 11) is 1.26. The molecule has 0 aliphatic heterocycles. The highest BCUT2D eigenvalue weighted by Crippen LogP contribution is 2.22. The standard InChI is InChI=1S/C16H12F2O3/c1-21-11-7-12(17)16(13(18)8-11)15(20)9-14(19)10-5-3-2-4-6-10/h2-8H,9H2,1H3. The van der Waals surface area contributed by atoms with Gasteiger partial charge in [-0.05, 0) is 0 Å². The van der Waals surface area contributed by atoms with Gasteiger partial charge in [0.25, 0.3) is 0 Å². The van der Waals surface area contributed by atoms with Crippen LogP contribution in [0.3, 0.4) is 0 Å². The van der Waals surface area contributed by atoms with Crippen LogP contribution in [0.4, 0.5) is 8.78 Å². The van der Waals surface area contributed by atoms with E-state index < -0.39 is 35.2 Å². The minimum atomic E-state index is -1.04. The molecule has 21 heavy (non-hydrogen) atoms. The van der Waals surface area contributed by atoms with Gasteiger partial charge < -0.3 is 4.74 Å². The Labute approximate surface area is 120 Å². The molecule has 0 spiro atoms. The second-order valence-electron chi connectivity index (χ2n) is 4.36. The maximum Gasteiger partial charge on any atom is 0.176 e. The van der Waals surface area contributed by atoms with Crippen LogP contribution >= 0.6 is 0 Å². The number of ketones is 2. The van der Waals surface area contributed by atoms with Crippen LogP contribution in [0.15, 0.2) is 42.5 Å². The van der Waals surface area contributed by atoms with Gasteiger partial charge in [0.05, 0.1) is 19.1 Å². The average Bonchev–Trinajstić information content (AvgIpc) is 2.47. The van der Waals surface area contributed by atoms with Crippen molar-refractivity contribution in [2.45, 2.75) is 6.42 Å². The van der Waals surface area contributed by atoms with E-state index in [1.165, 1.54) is 19.2 Å². The van der Waals surface area contributed by atoms with Gasteiger partial charge in [-0.2, -0.15) is 0 Å². The molecule has 5 heteroatoms. The SMILES string of the molecule is COc1cc(F)c(C(=O)CC(=O)c2ccccc2)c(F)c1. The van der Waals surface area contributed by atoms with Gasteiger partial charge in [0.1, 0.15) is 17.4 Å². The zero-order valence-electron chi connectivity index (χ0n) is 11.2. The summed E-state index contributed by atoms with van der Waals surface area (Å²) in [5.41, 5.74) is -0.403. The maximum atomic E-state index is 13.7. The lowest BCUT2D eigenvalue weighted by molar-refractivity contribution is 0.0890. The summed E-state index contributed by atoms with van der Waals surface area (Å²) in [6, 6.07) is 9.90. The van der Waals surface area contributed by atoms with Crippen molar-refractivity contribution >= 4 is 11.6 Å². The molecule has 108 valence electrons. The molecule has 0 bridgehead atoms. The Hall–Kier alpha value is -2.56. The first-order valence-corrected chi connectivity index (χ1v) is 6.17. The summed E-state index contributed by atoms with van der Waals surface area (Å²) in [6.45, 7) is 0. The predicted molar refractivity (Wildman–Crippen MR) is 72.6 cm³/mol. The van der Waals surface area contributed by atoms with Crippen LogP contribution in [-0.4, -0.2) is 18.7 Å². The summed E-state index contributed by atoms with van der Waals surface area (Å²) in [6.07, 6.45) is -0.593. The average molecular weight is 290 g/mol. The Bertz CT molecular complexity index is 658. The molecule has 0 radical (unpaired) electrons. The van der Waals surface area contributed by atoms with E-state index in [4.69, 9.17) is 4.74 Å². The molecule has 0 aliphatic rings. The molecule has 0 aromatic heterocycles. The molecule has 0 amide bonds. The highest BCUT2D eigenvalue weighted by atomic mass is 19.1. The van der Waals surface area contributed by atoms with Crippen LogP contribution in [0.1, 0.15) is 27.1 Å². The van der Waals surface area contributed by atoms with Crippen molar-refractivity contribution in [3.8, 4) is 5.75 Å². The van der Waals surface area contributed by atoms with Gasteiger partial charge in [-0.15, -0.1) is 0 Å². The molecule has 0 fully saturated rings. The van der Waals surface area contributed by atoms with Crippen LogP contribution in [0.5, 0.6) is 5.75 Å². The van der Waals surface area contributed by atoms with Gasteiger partial charge >= 0.3 is 0 Å². The smallest absolute Gasteiger partial charge is 0.176 e. The summed E-state index contributed by atoms with van der Waals surface area (Å²) in [5, 5.41) is 0. The predicted octanol–water partition coefficient (Wildman–Crippen LogP) is 3.43. The molecule has 2 rings (SSSR count). The number of ether oxygens (including phenoxy) is 1. The van der Waals surface area contributed by atoms with Crippen molar-refractivity contribution in [1.29, 1.82) is 0 Å². The van der Waals surface area contributed by atoms with Crippen molar-refractivity contribution < 1.29 is 23.1 Å². The molecule has 2 aromatic rings. The van der Waals surface area contributed by atoms with Crippen molar-refractivity contribution in [2.75, 3.05) is 7.11 Å². The van der Waals surface area contributed by atoms with E-state index in [0.717, 1.165) is 12.1 Å². The second kappa shape index (κ2) is 6.26. The molecular formula is C16H12F2O3. The van der Waals surface area contributed by atoms with Crippen molar-refractivity contribution in [3.63, 3.8) is 0 Å². The van der Waals surface area contributed by atoms with Gasteiger partial charge in [0, 0.05) is 17.7 Å². The van der Waals surface area contributed by atoms with E-state index in [-0.39, 0.29) is 5.75 Å². The van der Waals surface area contributed by atoms with E-state index in [0.29, 0.717) is 5.56 Å². The van der Waals surface area contributed by atoms with Gasteiger partial charge in [0.2, 0.25) is 0 Å². The summed E-state index contributed by atoms with van der Waals surface area (Å²) >= 11 is 0. The van der Waals surface area contributed by atoms with E-state index in [9.17, 15) is 18.4 Å². The van der Waals surface area contributed by atoms with Crippen molar-refractivity contribution in [1.82, 2.24) is 0 Å². The lowest BCUT2D eigenvalue weighted by Crippen LogP contribution is -2.12. The zero-order chi connectivity index (χ0) is 15.4. The summed E-state index contributed by atoms with van der Waals surface area (Å²) in [5.74, 6) is -3.51. The lowest BCUT2D eigenvalue weighted by Gasteiger charge is -2.06. The number of hydrogen-bond donors (Lipinski definition) is 0. The summed E-state index contributed by atoms with van der Waals surface area (Å²) in [4.78, 5) is 23.8. The largest absolute Gasteiger partial charge is 0.497 e. The quantitative estimate of drug-likeness (QED) is 0.626. The number of carbonyl (C=O) groups is 2. The van der Waals surface area contributed by atoms with Gasteiger partial charge in [-0.25, -0.2) is 8.78 Å². The van der Waals surface area contributed by atoms with Gasteiger partial charge in [-0.3, -0.25) is 9.59 Å². The zero-order valence-corrected chi connectivity index (χ0v) is 11.2. The number of methoxy groups -OCH3 is 1. The maximum absolute atomic E-state index is 13.7. The highest BCUT2D eigenvalue weighted by Gasteiger charge is 2.21. The monoisotopic (exact) mass is 290 g/mol. The Morgan fingerprint density at radius 2 is 1.57 bits per heavy atom. The number of halogens is 2. The normalized spacial score (nSPS) is 10.2. The number of Topliss-reactive ketones (excluding diaryl/α,β-unsaturated/α-hetero) is 2. The van der Waals surface area contributed by atoms with Crippen molar-refractivity contribution in [2.24, 2.45) is 0 Å². The first-order valence-electron chi connectivity index (χ1n) is 6.17. The second-order valence-corrected chi connectivity index (χ2v) is 4.36. The fourth-order valence-corrected chi connectivity index (χ4v) is 1.89. The Balaban J connectivity index is 2.23. The van der Waals surface area contributed by atoms with Crippen LogP contribution in [0.25, 0.3) is 0 Å². The Morgan fingerprint density at radius 1 is 1.00 bits per heavy atom. The molecule has 0 saturated carbocycles. The minimum absolute atomic E-state index is 0.0315. The first-order chi connectivity index (χ1) is 10.0. The molecule has 0 aliphatic carbocycles. The van der Waals surface area contributed by atoms with Crippen molar-refractivity contribution in [3.05, 3.63) is 65.2 Å². The number of rotatable bonds is 5. The van der Waals surface area contributed by atoms with E-state index in [1.54, 1.807) is 18.2 Å². The number of hydrogen-bond acceptors (Lipinski definition) is 3. The first kappa shape index (κ1) is 14.8. The van der Waals surface area contributed by atoms with Crippen LogP contribution in [-0.2, 0) is 0 Å². The van der Waals surface area contributed by atoms with Gasteiger partial charge in [0.15, 0.2) is 11.6 Å². The topological polar surface area (TPSA) is 43.4 Å². The Kier molecular flexibility index (Phi) is 4.42. The van der Waals surface area contributed by atoms with Crippen LogP contribution in [0.2, 0.25) is 0 Å². The van der Waals surface area contributed by atoms with Crippen LogP contribution in [0, 0.1) is 11.6 Å². The molecule has 0 saturated heterocycles. The molecule has 2 aromatic carbocycles. The molecule has 0 atom stereocenters. The number of carbonyl (C=O) groups excluding carboxylic acids is 2. The number of benzene rings is 2. The van der Waals surface area contributed by atoms with Gasteiger partial charge in [-0.1, -0.05) is 30.3 Å². The Morgan fingerprint density at radius 3 is 2.10 bits per heavy atom. The highest BCUT2D eigenvalue weighted by molar-refractivity contribution is 6.13. The lowest BCUT2D eigenvalue weighted by atomic mass is 10.0. The molecular weight excluding hydrogens is 278 g/mol. The molecule has 0 heterocycles. The van der Waals surface area contributed by atoms with E-state index in [2.05, 4.69) is 0 Å². The van der Waals surface area contributed by atoms with E-state index in [1.807, 2.05) is 0 Å². The fourth-order valence-electron chi connectivity index (χ4n) is 1.89. The van der Waals surface area contributed by atoms with E-state index >= 15 is 0 Å². The fraction of sp³-hybridized carbons (Fsp3) is 0.125. The third-order valence-electron chi connectivity index (χ3n) is 2.95. The minimum Gasteiger partial charge on any atom is -0.497 e. The molecule has 3 nitrogen and oxygen atoms in total. The van der Waals surface area contributed by atoms with Crippen LogP contribution < -0.4 is 4.74 Å². The molecule has 0 unspecified atom stereocenters. The summed E-state index contributed by atoms with van der Waals surface area (Å²) < 4.78 is 32.2. The molecule has 0 N–H and O–H groups in total. The third kappa shape index (κ3) is 3.31.